The molecule has 1 aliphatic rings. The highest BCUT2D eigenvalue weighted by Crippen LogP contribution is 2.22. The minimum absolute atomic E-state index is 0.0625. The van der Waals surface area contributed by atoms with Gasteiger partial charge in [0, 0.05) is 30.3 Å². The average molecular weight is 264 g/mol. The number of carbonyl (C=O) groups is 1. The van der Waals surface area contributed by atoms with Gasteiger partial charge in [0.2, 0.25) is 5.91 Å². The van der Waals surface area contributed by atoms with Gasteiger partial charge in [-0.15, -0.1) is 0 Å². The summed E-state index contributed by atoms with van der Waals surface area (Å²) >= 11 is 0. The molecule has 5 nitrogen and oxygen atoms in total. The van der Waals surface area contributed by atoms with E-state index in [0.29, 0.717) is 25.3 Å². The predicted molar refractivity (Wildman–Crippen MR) is 72.9 cm³/mol. The molecule has 1 heterocycles. The molecule has 1 aliphatic heterocycles. The molecule has 1 fully saturated rings. The molecule has 1 saturated heterocycles. The summed E-state index contributed by atoms with van der Waals surface area (Å²) in [7, 11) is 0. The van der Waals surface area contributed by atoms with Crippen molar-refractivity contribution in [3.63, 3.8) is 0 Å². The second-order valence-corrected chi connectivity index (χ2v) is 4.74. The number of morpholine rings is 1. The number of benzene rings is 1. The Morgan fingerprint density at radius 2 is 2.37 bits per heavy atom. The maximum Gasteiger partial charge on any atom is 0.226 e. The smallest absolute Gasteiger partial charge is 0.226 e. The Morgan fingerprint density at radius 1 is 1.58 bits per heavy atom. The van der Waals surface area contributed by atoms with Crippen molar-refractivity contribution >= 4 is 11.6 Å². The van der Waals surface area contributed by atoms with E-state index in [1.54, 1.807) is 13.0 Å². The number of anilines is 1. The number of nitrogens with one attached hydrogen (secondary N) is 2. The SMILES string of the molecule is CC(O)c1ccccc1NC(=O)CC1COCCN1. The van der Waals surface area contributed by atoms with Gasteiger partial charge in [-0.1, -0.05) is 18.2 Å². The Balaban J connectivity index is 1.94. The molecular weight excluding hydrogens is 244 g/mol. The van der Waals surface area contributed by atoms with Gasteiger partial charge < -0.3 is 20.5 Å². The molecule has 104 valence electrons. The fourth-order valence-corrected chi connectivity index (χ4v) is 2.15. The second kappa shape index (κ2) is 6.65. The molecule has 0 spiro atoms. The van der Waals surface area contributed by atoms with Crippen LogP contribution in [0.1, 0.15) is 25.0 Å². The number of ether oxygens (including phenoxy) is 1. The third kappa shape index (κ3) is 4.02. The lowest BCUT2D eigenvalue weighted by Crippen LogP contribution is -2.43. The number of amides is 1. The first kappa shape index (κ1) is 14.0. The maximum atomic E-state index is 12.0. The summed E-state index contributed by atoms with van der Waals surface area (Å²) in [5.41, 5.74) is 1.39. The number of hydrogen-bond donors (Lipinski definition) is 3. The summed E-state index contributed by atoms with van der Waals surface area (Å²) in [6, 6.07) is 7.34. The van der Waals surface area contributed by atoms with Gasteiger partial charge in [0.05, 0.1) is 19.3 Å². The summed E-state index contributed by atoms with van der Waals surface area (Å²) in [6.45, 7) is 3.72. The molecule has 1 amide bonds. The Hall–Kier alpha value is -1.43. The highest BCUT2D eigenvalue weighted by molar-refractivity contribution is 5.92. The first-order valence-corrected chi connectivity index (χ1v) is 6.55. The van der Waals surface area contributed by atoms with Gasteiger partial charge in [0.1, 0.15) is 0 Å². The molecule has 0 aliphatic carbocycles. The monoisotopic (exact) mass is 264 g/mol. The second-order valence-electron chi connectivity index (χ2n) is 4.74. The van der Waals surface area contributed by atoms with Crippen LogP contribution in [0.3, 0.4) is 0 Å². The van der Waals surface area contributed by atoms with Crippen molar-refractivity contribution in [2.75, 3.05) is 25.1 Å². The van der Waals surface area contributed by atoms with E-state index in [1.807, 2.05) is 18.2 Å². The maximum absolute atomic E-state index is 12.0. The predicted octanol–water partition coefficient (Wildman–Crippen LogP) is 1.06. The molecule has 0 bridgehead atoms. The average Bonchev–Trinajstić information content (AvgIpc) is 2.40. The molecule has 2 unspecified atom stereocenters. The number of para-hydroxylation sites is 1. The number of rotatable bonds is 4. The Labute approximate surface area is 113 Å². The van der Waals surface area contributed by atoms with Crippen LogP contribution in [0.5, 0.6) is 0 Å². The van der Waals surface area contributed by atoms with E-state index in [-0.39, 0.29) is 11.9 Å². The standard InChI is InChI=1S/C14H20N2O3/c1-10(17)12-4-2-3-5-13(12)16-14(18)8-11-9-19-7-6-15-11/h2-5,10-11,15,17H,6-9H2,1H3,(H,16,18). The van der Waals surface area contributed by atoms with Crippen molar-refractivity contribution in [2.45, 2.75) is 25.5 Å². The van der Waals surface area contributed by atoms with Gasteiger partial charge in [0.15, 0.2) is 0 Å². The molecule has 3 N–H and O–H groups in total. The fourth-order valence-electron chi connectivity index (χ4n) is 2.15. The summed E-state index contributed by atoms with van der Waals surface area (Å²) < 4.78 is 5.31. The van der Waals surface area contributed by atoms with Crippen LogP contribution in [0.4, 0.5) is 5.69 Å². The van der Waals surface area contributed by atoms with Crippen molar-refractivity contribution in [2.24, 2.45) is 0 Å². The van der Waals surface area contributed by atoms with Crippen molar-refractivity contribution in [1.29, 1.82) is 0 Å². The largest absolute Gasteiger partial charge is 0.389 e. The summed E-state index contributed by atoms with van der Waals surface area (Å²) in [6.07, 6.45) is -0.235. The molecule has 1 aromatic rings. The number of hydrogen-bond acceptors (Lipinski definition) is 4. The minimum atomic E-state index is -0.604. The topological polar surface area (TPSA) is 70.6 Å². The number of aliphatic hydroxyl groups is 1. The van der Waals surface area contributed by atoms with E-state index in [1.165, 1.54) is 0 Å². The van der Waals surface area contributed by atoms with Gasteiger partial charge in [0.25, 0.3) is 0 Å². The third-order valence-electron chi connectivity index (χ3n) is 3.12. The third-order valence-corrected chi connectivity index (χ3v) is 3.12. The van der Waals surface area contributed by atoms with Crippen molar-refractivity contribution < 1.29 is 14.6 Å². The Kier molecular flexibility index (Phi) is 4.90. The van der Waals surface area contributed by atoms with Gasteiger partial charge in [-0.3, -0.25) is 4.79 Å². The molecule has 2 atom stereocenters. The van der Waals surface area contributed by atoms with Crippen LogP contribution in [-0.2, 0) is 9.53 Å². The molecule has 5 heteroatoms. The molecule has 0 saturated carbocycles. The highest BCUT2D eigenvalue weighted by Gasteiger charge is 2.18. The van der Waals surface area contributed by atoms with Gasteiger partial charge in [-0.05, 0) is 13.0 Å². The van der Waals surface area contributed by atoms with E-state index in [0.717, 1.165) is 12.1 Å². The Bertz CT molecular complexity index is 428. The zero-order valence-electron chi connectivity index (χ0n) is 11.1. The lowest BCUT2D eigenvalue weighted by molar-refractivity contribution is -0.117. The van der Waals surface area contributed by atoms with Gasteiger partial charge in [-0.25, -0.2) is 0 Å². The lowest BCUT2D eigenvalue weighted by atomic mass is 10.1. The quantitative estimate of drug-likeness (QED) is 0.760. The molecule has 1 aromatic carbocycles. The van der Waals surface area contributed by atoms with E-state index < -0.39 is 6.10 Å². The summed E-state index contributed by atoms with van der Waals surface area (Å²) in [4.78, 5) is 12.0. The molecule has 19 heavy (non-hydrogen) atoms. The van der Waals surface area contributed by atoms with Crippen LogP contribution in [-0.4, -0.2) is 36.8 Å². The van der Waals surface area contributed by atoms with Crippen LogP contribution >= 0.6 is 0 Å². The van der Waals surface area contributed by atoms with Crippen LogP contribution < -0.4 is 10.6 Å². The summed E-state index contributed by atoms with van der Waals surface area (Å²) in [5, 5.41) is 15.7. The molecular formula is C14H20N2O3. The summed E-state index contributed by atoms with van der Waals surface area (Å²) in [5.74, 6) is -0.0731. The lowest BCUT2D eigenvalue weighted by Gasteiger charge is -2.23. The van der Waals surface area contributed by atoms with Crippen LogP contribution in [0, 0.1) is 0 Å². The first-order chi connectivity index (χ1) is 9.16. The van der Waals surface area contributed by atoms with Gasteiger partial charge >= 0.3 is 0 Å². The van der Waals surface area contributed by atoms with Crippen molar-refractivity contribution in [3.05, 3.63) is 29.8 Å². The van der Waals surface area contributed by atoms with Crippen molar-refractivity contribution in [1.82, 2.24) is 5.32 Å². The van der Waals surface area contributed by atoms with Crippen LogP contribution in [0.2, 0.25) is 0 Å². The van der Waals surface area contributed by atoms with E-state index in [9.17, 15) is 9.90 Å². The van der Waals surface area contributed by atoms with E-state index in [4.69, 9.17) is 4.74 Å². The zero-order valence-corrected chi connectivity index (χ0v) is 11.1. The fraction of sp³-hybridized carbons (Fsp3) is 0.500. The van der Waals surface area contributed by atoms with Gasteiger partial charge in [-0.2, -0.15) is 0 Å². The first-order valence-electron chi connectivity index (χ1n) is 6.55. The normalized spacial score (nSPS) is 20.8. The zero-order chi connectivity index (χ0) is 13.7. The highest BCUT2D eigenvalue weighted by atomic mass is 16.5. The molecule has 0 radical (unpaired) electrons. The van der Waals surface area contributed by atoms with Crippen LogP contribution in [0.15, 0.2) is 24.3 Å². The molecule has 0 aromatic heterocycles. The molecule has 2 rings (SSSR count). The van der Waals surface area contributed by atoms with E-state index >= 15 is 0 Å². The number of carbonyl (C=O) groups excluding carboxylic acids is 1. The van der Waals surface area contributed by atoms with Crippen LogP contribution in [0.25, 0.3) is 0 Å². The van der Waals surface area contributed by atoms with Crippen molar-refractivity contribution in [3.8, 4) is 0 Å². The Morgan fingerprint density at radius 3 is 3.05 bits per heavy atom. The number of aliphatic hydroxyl groups excluding tert-OH is 1. The van der Waals surface area contributed by atoms with E-state index in [2.05, 4.69) is 10.6 Å². The minimum Gasteiger partial charge on any atom is -0.389 e.